The van der Waals surface area contributed by atoms with Crippen molar-refractivity contribution in [1.82, 2.24) is 14.9 Å². The molecule has 2 aromatic rings. The number of rotatable bonds is 1. The molecule has 2 heterocycles. The summed E-state index contributed by atoms with van der Waals surface area (Å²) in [6.45, 7) is 4.98. The third-order valence-corrected chi connectivity index (χ3v) is 4.40. The van der Waals surface area contributed by atoms with Gasteiger partial charge in [0.1, 0.15) is 0 Å². The van der Waals surface area contributed by atoms with Crippen LogP contribution in [0.2, 0.25) is 0 Å². The van der Waals surface area contributed by atoms with Crippen molar-refractivity contribution >= 4 is 39.4 Å². The lowest BCUT2D eigenvalue weighted by Gasteiger charge is -2.29. The molecule has 20 heavy (non-hydrogen) atoms. The zero-order valence-electron chi connectivity index (χ0n) is 11.0. The molecule has 0 bridgehead atoms. The number of fused-ring (bicyclic) bond motifs is 3. The number of H-pyrrole nitrogens is 2. The van der Waals surface area contributed by atoms with Crippen LogP contribution in [0.1, 0.15) is 18.1 Å². The SMILES string of the molecule is CCN1CCc2c(c(Br)cc3[nH]c(=O)c(=O)[nH]c23)C1.Cl. The number of likely N-dealkylation sites (N-methyl/N-ethyl adjacent to an activating group) is 1. The van der Waals surface area contributed by atoms with E-state index in [-0.39, 0.29) is 12.4 Å². The van der Waals surface area contributed by atoms with Gasteiger partial charge in [-0.1, -0.05) is 22.9 Å². The number of aromatic nitrogens is 2. The molecule has 7 heteroatoms. The van der Waals surface area contributed by atoms with Crippen molar-refractivity contribution in [2.24, 2.45) is 0 Å². The molecule has 3 rings (SSSR count). The van der Waals surface area contributed by atoms with Crippen LogP contribution in [-0.2, 0) is 13.0 Å². The van der Waals surface area contributed by atoms with E-state index in [1.54, 1.807) is 0 Å². The molecule has 108 valence electrons. The number of aromatic amines is 2. The molecule has 0 spiro atoms. The van der Waals surface area contributed by atoms with Gasteiger partial charge in [0.15, 0.2) is 0 Å². The molecule has 2 N–H and O–H groups in total. The van der Waals surface area contributed by atoms with Gasteiger partial charge in [-0.15, -0.1) is 12.4 Å². The van der Waals surface area contributed by atoms with Gasteiger partial charge in [-0.3, -0.25) is 14.5 Å². The van der Waals surface area contributed by atoms with Gasteiger partial charge < -0.3 is 9.97 Å². The first-order valence-corrected chi connectivity index (χ1v) is 7.08. The minimum Gasteiger partial charge on any atom is -0.316 e. The number of nitrogens with one attached hydrogen (secondary N) is 2. The Morgan fingerprint density at radius 2 is 1.95 bits per heavy atom. The van der Waals surface area contributed by atoms with E-state index in [0.29, 0.717) is 5.52 Å². The fraction of sp³-hybridized carbons (Fsp3) is 0.385. The van der Waals surface area contributed by atoms with Crippen LogP contribution in [0.15, 0.2) is 20.1 Å². The van der Waals surface area contributed by atoms with Crippen molar-refractivity contribution in [2.45, 2.75) is 19.9 Å². The van der Waals surface area contributed by atoms with Gasteiger partial charge >= 0.3 is 11.1 Å². The summed E-state index contributed by atoms with van der Waals surface area (Å²) in [5.41, 5.74) is 2.57. The fourth-order valence-electron chi connectivity index (χ4n) is 2.62. The lowest BCUT2D eigenvalue weighted by Crippen LogP contribution is -2.33. The van der Waals surface area contributed by atoms with Crippen molar-refractivity contribution in [3.63, 3.8) is 0 Å². The molecule has 1 aromatic heterocycles. The molecule has 1 aliphatic rings. The maximum absolute atomic E-state index is 11.5. The van der Waals surface area contributed by atoms with Crippen molar-refractivity contribution in [1.29, 1.82) is 0 Å². The van der Waals surface area contributed by atoms with Gasteiger partial charge in [0, 0.05) is 17.6 Å². The van der Waals surface area contributed by atoms with Gasteiger partial charge in [-0.25, -0.2) is 0 Å². The van der Waals surface area contributed by atoms with E-state index < -0.39 is 11.1 Å². The van der Waals surface area contributed by atoms with E-state index in [4.69, 9.17) is 0 Å². The lowest BCUT2D eigenvalue weighted by molar-refractivity contribution is 0.268. The van der Waals surface area contributed by atoms with Crippen molar-refractivity contribution < 1.29 is 0 Å². The van der Waals surface area contributed by atoms with Crippen molar-refractivity contribution in [2.75, 3.05) is 13.1 Å². The van der Waals surface area contributed by atoms with Crippen LogP contribution in [0.25, 0.3) is 11.0 Å². The van der Waals surface area contributed by atoms with Gasteiger partial charge in [-0.05, 0) is 30.2 Å². The predicted molar refractivity (Wildman–Crippen MR) is 84.8 cm³/mol. The summed E-state index contributed by atoms with van der Waals surface area (Å²) in [5, 5.41) is 0. The molecule has 0 radical (unpaired) electrons. The highest BCUT2D eigenvalue weighted by Gasteiger charge is 2.20. The summed E-state index contributed by atoms with van der Waals surface area (Å²) in [7, 11) is 0. The van der Waals surface area contributed by atoms with E-state index in [1.165, 1.54) is 5.56 Å². The monoisotopic (exact) mass is 359 g/mol. The van der Waals surface area contributed by atoms with Gasteiger partial charge in [0.05, 0.1) is 11.0 Å². The molecule has 0 saturated heterocycles. The molecular weight excluding hydrogens is 346 g/mol. The smallest absolute Gasteiger partial charge is 0.314 e. The Kier molecular flexibility index (Phi) is 4.36. The average Bonchev–Trinajstić information content (AvgIpc) is 2.41. The highest BCUT2D eigenvalue weighted by Crippen LogP contribution is 2.31. The summed E-state index contributed by atoms with van der Waals surface area (Å²) in [6.07, 6.45) is 0.876. The molecule has 0 amide bonds. The number of hydrogen-bond donors (Lipinski definition) is 2. The number of hydrogen-bond acceptors (Lipinski definition) is 3. The van der Waals surface area contributed by atoms with Crippen LogP contribution < -0.4 is 11.1 Å². The highest BCUT2D eigenvalue weighted by molar-refractivity contribution is 9.10. The topological polar surface area (TPSA) is 69.0 Å². The maximum Gasteiger partial charge on any atom is 0.314 e. The Morgan fingerprint density at radius 1 is 1.25 bits per heavy atom. The lowest BCUT2D eigenvalue weighted by atomic mass is 9.98. The molecule has 0 saturated carbocycles. The summed E-state index contributed by atoms with van der Waals surface area (Å²) in [5.74, 6) is 0. The zero-order chi connectivity index (χ0) is 13.6. The molecule has 5 nitrogen and oxygen atoms in total. The van der Waals surface area contributed by atoms with Gasteiger partial charge in [0.25, 0.3) is 0 Å². The van der Waals surface area contributed by atoms with Gasteiger partial charge in [-0.2, -0.15) is 0 Å². The summed E-state index contributed by atoms with van der Waals surface area (Å²) in [4.78, 5) is 30.6. The van der Waals surface area contributed by atoms with E-state index in [1.807, 2.05) is 6.07 Å². The fourth-order valence-corrected chi connectivity index (χ4v) is 3.22. The quantitative estimate of drug-likeness (QED) is 0.762. The molecular formula is C13H15BrClN3O2. The summed E-state index contributed by atoms with van der Waals surface area (Å²) >= 11 is 3.56. The second-order valence-electron chi connectivity index (χ2n) is 4.77. The van der Waals surface area contributed by atoms with Gasteiger partial charge in [0.2, 0.25) is 0 Å². The first-order chi connectivity index (χ1) is 9.10. The van der Waals surface area contributed by atoms with Crippen LogP contribution >= 0.6 is 28.3 Å². The molecule has 0 unspecified atom stereocenters. The number of benzene rings is 1. The van der Waals surface area contributed by atoms with Crippen LogP contribution in [-0.4, -0.2) is 28.0 Å². The second-order valence-corrected chi connectivity index (χ2v) is 5.62. The van der Waals surface area contributed by atoms with Crippen LogP contribution in [0.4, 0.5) is 0 Å². The Labute approximate surface area is 129 Å². The van der Waals surface area contributed by atoms with Crippen molar-refractivity contribution in [3.05, 3.63) is 42.4 Å². The molecule has 0 fully saturated rings. The highest BCUT2D eigenvalue weighted by atomic mass is 79.9. The van der Waals surface area contributed by atoms with Crippen LogP contribution in [0, 0.1) is 0 Å². The first kappa shape index (κ1) is 15.3. The largest absolute Gasteiger partial charge is 0.316 e. The first-order valence-electron chi connectivity index (χ1n) is 6.29. The Bertz CT molecular complexity index is 769. The second kappa shape index (κ2) is 5.71. The Balaban J connectivity index is 0.00000147. The number of nitrogens with zero attached hydrogens (tertiary/aromatic N) is 1. The minimum absolute atomic E-state index is 0. The van der Waals surface area contributed by atoms with Crippen LogP contribution in [0.3, 0.4) is 0 Å². The van der Waals surface area contributed by atoms with Crippen LogP contribution in [0.5, 0.6) is 0 Å². The molecule has 1 aromatic carbocycles. The van der Waals surface area contributed by atoms with E-state index >= 15 is 0 Å². The van der Waals surface area contributed by atoms with E-state index in [9.17, 15) is 9.59 Å². The third kappa shape index (κ3) is 2.43. The molecule has 0 aliphatic carbocycles. The van der Waals surface area contributed by atoms with E-state index in [0.717, 1.165) is 41.6 Å². The van der Waals surface area contributed by atoms with Crippen molar-refractivity contribution in [3.8, 4) is 0 Å². The Morgan fingerprint density at radius 3 is 2.65 bits per heavy atom. The maximum atomic E-state index is 11.5. The normalized spacial score (nSPS) is 14.9. The van der Waals surface area contributed by atoms with E-state index in [2.05, 4.69) is 37.7 Å². The third-order valence-electron chi connectivity index (χ3n) is 3.69. The average molecular weight is 361 g/mol. The summed E-state index contributed by atoms with van der Waals surface area (Å²) < 4.78 is 0.982. The molecule has 1 aliphatic heterocycles. The molecule has 0 atom stereocenters. The minimum atomic E-state index is -0.606. The zero-order valence-corrected chi connectivity index (χ0v) is 13.4. The summed E-state index contributed by atoms with van der Waals surface area (Å²) in [6, 6.07) is 1.87. The number of halogens is 2. The Hall–Kier alpha value is -1.11. The predicted octanol–water partition coefficient (Wildman–Crippen LogP) is 1.78. The standard InChI is InChI=1S/C13H14BrN3O2.ClH/c1-2-17-4-3-7-8(6-17)9(14)5-10-11(7)16-13(19)12(18)15-10;/h5H,2-4,6H2,1H3,(H,15,18)(H,16,19);1H.